The number of ether oxygens (including phenoxy) is 1. The van der Waals surface area contributed by atoms with Crippen LogP contribution in [0, 0.1) is 0 Å². The summed E-state index contributed by atoms with van der Waals surface area (Å²) >= 11 is 0. The number of H-pyrrole nitrogens is 1. The minimum atomic E-state index is -2.52. The number of anilines is 1. The highest BCUT2D eigenvalue weighted by Gasteiger charge is 2.41. The summed E-state index contributed by atoms with van der Waals surface area (Å²) in [6.45, 7) is 2.38. The van der Waals surface area contributed by atoms with Crippen molar-refractivity contribution in [1.29, 1.82) is 0 Å². The van der Waals surface area contributed by atoms with Crippen LogP contribution < -0.4 is 4.90 Å². The molecule has 1 fully saturated rings. The van der Waals surface area contributed by atoms with Gasteiger partial charge in [0.2, 0.25) is 0 Å². The first-order valence-electron chi connectivity index (χ1n) is 6.71. The molecule has 1 aliphatic rings. The molecule has 5 nitrogen and oxygen atoms in total. The molecule has 21 heavy (non-hydrogen) atoms. The normalized spacial score (nSPS) is 22.8. The third kappa shape index (κ3) is 2.73. The molecular formula is C14H16F2N4O. The summed E-state index contributed by atoms with van der Waals surface area (Å²) in [6, 6.07) is 5.57. The monoisotopic (exact) mass is 294 g/mol. The van der Waals surface area contributed by atoms with Gasteiger partial charge in [0.15, 0.2) is 0 Å². The van der Waals surface area contributed by atoms with Crippen molar-refractivity contribution in [2.75, 3.05) is 24.6 Å². The number of halogens is 2. The number of rotatable bonds is 3. The molecule has 2 aromatic heterocycles. The van der Waals surface area contributed by atoms with E-state index in [9.17, 15) is 8.78 Å². The first-order valence-corrected chi connectivity index (χ1v) is 6.71. The minimum absolute atomic E-state index is 0.126. The molecule has 0 radical (unpaired) electrons. The molecule has 1 aliphatic heterocycles. The summed E-state index contributed by atoms with van der Waals surface area (Å²) in [7, 11) is 0. The van der Waals surface area contributed by atoms with Crippen LogP contribution in [0.15, 0.2) is 30.6 Å². The van der Waals surface area contributed by atoms with Gasteiger partial charge in [-0.15, -0.1) is 0 Å². The van der Waals surface area contributed by atoms with Gasteiger partial charge < -0.3 is 9.64 Å². The molecule has 3 rings (SSSR count). The fourth-order valence-electron chi connectivity index (χ4n) is 2.37. The number of hydrogen-bond donors (Lipinski definition) is 1. The van der Waals surface area contributed by atoms with Crippen molar-refractivity contribution in [3.8, 4) is 11.3 Å². The van der Waals surface area contributed by atoms with E-state index in [-0.39, 0.29) is 13.2 Å². The van der Waals surface area contributed by atoms with Gasteiger partial charge in [-0.2, -0.15) is 5.10 Å². The van der Waals surface area contributed by atoms with Crippen molar-refractivity contribution in [1.82, 2.24) is 15.2 Å². The Labute approximate surface area is 120 Å². The van der Waals surface area contributed by atoms with Gasteiger partial charge in [0.1, 0.15) is 11.4 Å². The van der Waals surface area contributed by atoms with Gasteiger partial charge in [0.25, 0.3) is 6.43 Å². The molecule has 7 heteroatoms. The maximum Gasteiger partial charge on any atom is 0.268 e. The average molecular weight is 294 g/mol. The lowest BCUT2D eigenvalue weighted by Crippen LogP contribution is -2.54. The molecular weight excluding hydrogens is 278 g/mol. The van der Waals surface area contributed by atoms with E-state index in [0.29, 0.717) is 12.4 Å². The van der Waals surface area contributed by atoms with Crippen LogP contribution in [0.25, 0.3) is 11.3 Å². The zero-order valence-corrected chi connectivity index (χ0v) is 11.6. The molecule has 1 unspecified atom stereocenters. The summed E-state index contributed by atoms with van der Waals surface area (Å²) in [4.78, 5) is 6.19. The number of nitrogens with one attached hydrogen (secondary N) is 1. The maximum atomic E-state index is 13.1. The Kier molecular flexibility index (Phi) is 3.59. The van der Waals surface area contributed by atoms with E-state index in [1.165, 1.54) is 6.92 Å². The van der Waals surface area contributed by atoms with Crippen LogP contribution in [-0.4, -0.2) is 46.9 Å². The molecule has 3 heterocycles. The van der Waals surface area contributed by atoms with Gasteiger partial charge in [-0.3, -0.25) is 5.10 Å². The number of aromatic amines is 1. The second-order valence-corrected chi connectivity index (χ2v) is 5.26. The van der Waals surface area contributed by atoms with Crippen molar-refractivity contribution in [2.24, 2.45) is 0 Å². The molecule has 112 valence electrons. The van der Waals surface area contributed by atoms with Crippen LogP contribution in [-0.2, 0) is 4.74 Å². The highest BCUT2D eigenvalue weighted by Crippen LogP contribution is 2.28. The van der Waals surface area contributed by atoms with E-state index in [0.717, 1.165) is 11.3 Å². The Morgan fingerprint density at radius 1 is 1.38 bits per heavy atom. The lowest BCUT2D eigenvalue weighted by Gasteiger charge is -2.40. The SMILES string of the molecule is CC1(C(F)F)CN(c2ccc(-c3ccn[nH]3)cn2)CCO1. The number of aromatic nitrogens is 3. The van der Waals surface area contributed by atoms with E-state index in [2.05, 4.69) is 15.2 Å². The summed E-state index contributed by atoms with van der Waals surface area (Å²) < 4.78 is 31.3. The van der Waals surface area contributed by atoms with Crippen molar-refractivity contribution < 1.29 is 13.5 Å². The molecule has 1 N–H and O–H groups in total. The first kappa shape index (κ1) is 13.9. The van der Waals surface area contributed by atoms with Crippen molar-refractivity contribution in [3.63, 3.8) is 0 Å². The number of nitrogens with zero attached hydrogens (tertiary/aromatic N) is 3. The van der Waals surface area contributed by atoms with E-state index < -0.39 is 12.0 Å². The lowest BCUT2D eigenvalue weighted by molar-refractivity contribution is -0.134. The number of morpholine rings is 1. The Balaban J connectivity index is 1.78. The van der Waals surface area contributed by atoms with Crippen molar-refractivity contribution in [2.45, 2.75) is 19.0 Å². The van der Waals surface area contributed by atoms with E-state index in [4.69, 9.17) is 4.74 Å². The van der Waals surface area contributed by atoms with Gasteiger partial charge in [-0.1, -0.05) is 0 Å². The minimum Gasteiger partial charge on any atom is -0.366 e. The summed E-state index contributed by atoms with van der Waals surface area (Å²) in [6.07, 6.45) is 0.849. The number of pyridine rings is 1. The van der Waals surface area contributed by atoms with E-state index >= 15 is 0 Å². The highest BCUT2D eigenvalue weighted by molar-refractivity contribution is 5.59. The second kappa shape index (κ2) is 5.40. The molecule has 0 spiro atoms. The van der Waals surface area contributed by atoms with E-state index in [1.807, 2.05) is 23.1 Å². The lowest BCUT2D eigenvalue weighted by atomic mass is 10.1. The Morgan fingerprint density at radius 2 is 2.24 bits per heavy atom. The molecule has 1 saturated heterocycles. The Morgan fingerprint density at radius 3 is 2.86 bits per heavy atom. The molecule has 2 aromatic rings. The van der Waals surface area contributed by atoms with Crippen LogP contribution in [0.5, 0.6) is 0 Å². The van der Waals surface area contributed by atoms with Gasteiger partial charge >= 0.3 is 0 Å². The molecule has 0 amide bonds. The first-order chi connectivity index (χ1) is 10.1. The summed E-state index contributed by atoms with van der Waals surface area (Å²) in [5, 5.41) is 6.74. The van der Waals surface area contributed by atoms with Crippen LogP contribution >= 0.6 is 0 Å². The van der Waals surface area contributed by atoms with Gasteiger partial charge in [-0.25, -0.2) is 13.8 Å². The van der Waals surface area contributed by atoms with Crippen molar-refractivity contribution >= 4 is 5.82 Å². The largest absolute Gasteiger partial charge is 0.366 e. The Bertz CT molecular complexity index is 588. The van der Waals surface area contributed by atoms with Crippen LogP contribution in [0.4, 0.5) is 14.6 Å². The molecule has 0 saturated carbocycles. The fraction of sp³-hybridized carbons (Fsp3) is 0.429. The van der Waals surface area contributed by atoms with Crippen molar-refractivity contribution in [3.05, 3.63) is 30.6 Å². The van der Waals surface area contributed by atoms with Crippen LogP contribution in [0.3, 0.4) is 0 Å². The molecule has 0 bridgehead atoms. The third-order valence-electron chi connectivity index (χ3n) is 3.64. The standard InChI is InChI=1S/C14H16F2N4O/c1-14(13(15)16)9-20(6-7-21-14)12-3-2-10(8-17-12)11-4-5-18-19-11/h2-5,8,13H,6-7,9H2,1H3,(H,18,19). The topological polar surface area (TPSA) is 54.0 Å². The quantitative estimate of drug-likeness (QED) is 0.944. The van der Waals surface area contributed by atoms with Crippen LogP contribution in [0.1, 0.15) is 6.92 Å². The molecule has 0 aliphatic carbocycles. The van der Waals surface area contributed by atoms with Gasteiger partial charge in [-0.05, 0) is 25.1 Å². The summed E-state index contributed by atoms with van der Waals surface area (Å²) in [5.41, 5.74) is 0.330. The Hall–Kier alpha value is -2.02. The number of alkyl halides is 2. The smallest absolute Gasteiger partial charge is 0.268 e. The zero-order chi connectivity index (χ0) is 14.9. The predicted molar refractivity (Wildman–Crippen MR) is 74.4 cm³/mol. The third-order valence-corrected chi connectivity index (χ3v) is 3.64. The van der Waals surface area contributed by atoms with Crippen LogP contribution in [0.2, 0.25) is 0 Å². The second-order valence-electron chi connectivity index (χ2n) is 5.26. The van der Waals surface area contributed by atoms with Gasteiger partial charge in [0.05, 0.1) is 18.8 Å². The predicted octanol–water partition coefficient (Wildman–Crippen LogP) is 2.33. The van der Waals surface area contributed by atoms with E-state index in [1.54, 1.807) is 12.4 Å². The summed E-state index contributed by atoms with van der Waals surface area (Å²) in [5.74, 6) is 0.674. The fourth-order valence-corrected chi connectivity index (χ4v) is 2.37. The number of hydrogen-bond acceptors (Lipinski definition) is 4. The molecule has 0 aromatic carbocycles. The average Bonchev–Trinajstić information content (AvgIpc) is 3.01. The highest BCUT2D eigenvalue weighted by atomic mass is 19.3. The van der Waals surface area contributed by atoms with Gasteiger partial charge in [0, 0.05) is 24.5 Å². The maximum absolute atomic E-state index is 13.1. The zero-order valence-electron chi connectivity index (χ0n) is 11.6. The molecule has 1 atom stereocenters.